The Morgan fingerprint density at radius 2 is 1.90 bits per heavy atom. The summed E-state index contributed by atoms with van der Waals surface area (Å²) in [4.78, 5) is 24.1. The Balaban J connectivity index is 1.69. The van der Waals surface area contributed by atoms with E-state index in [-0.39, 0.29) is 40.7 Å². The fraction of sp³-hybridized carbons (Fsp3) is 0.300. The number of nitrogens with one attached hydrogen (secondary N) is 1. The number of hydrogen-bond donors (Lipinski definition) is 2. The molecule has 0 saturated carbocycles. The lowest BCUT2D eigenvalue weighted by molar-refractivity contribution is -0.119. The molecule has 1 aliphatic rings. The zero-order valence-corrected chi connectivity index (χ0v) is 17.6. The number of aromatic hydroxyl groups is 1. The molecule has 0 bridgehead atoms. The number of benzene rings is 2. The molecule has 2 aromatic rings. The van der Waals surface area contributed by atoms with Crippen molar-refractivity contribution >= 4 is 27.6 Å². The molecule has 1 saturated heterocycles. The standard InChI is InChI=1S/C20H22N2O8S/c1-28-17-6-5-15(12-18(17)31(26,27)22-7-9-29-10-8-22)21-19(24)13-30-20(25)14-3-2-4-16(23)11-14/h2-6,11-12,23H,7-10,13H2,1H3,(H,21,24). The Morgan fingerprint density at radius 1 is 1.16 bits per heavy atom. The number of esters is 1. The van der Waals surface area contributed by atoms with Crippen LogP contribution in [0.2, 0.25) is 0 Å². The van der Waals surface area contributed by atoms with E-state index in [1.54, 1.807) is 0 Å². The molecule has 11 heteroatoms. The average Bonchev–Trinajstić information content (AvgIpc) is 2.78. The number of sulfonamides is 1. The lowest BCUT2D eigenvalue weighted by atomic mass is 10.2. The second-order valence-corrected chi connectivity index (χ2v) is 8.46. The number of carbonyl (C=O) groups is 2. The zero-order chi connectivity index (χ0) is 22.4. The van der Waals surface area contributed by atoms with Crippen LogP contribution < -0.4 is 10.1 Å². The number of anilines is 1. The summed E-state index contributed by atoms with van der Waals surface area (Å²) >= 11 is 0. The molecule has 1 aliphatic heterocycles. The molecule has 10 nitrogen and oxygen atoms in total. The van der Waals surface area contributed by atoms with Crippen molar-refractivity contribution in [1.29, 1.82) is 0 Å². The number of phenols is 1. The Labute approximate surface area is 179 Å². The average molecular weight is 450 g/mol. The number of carbonyl (C=O) groups excluding carboxylic acids is 2. The van der Waals surface area contributed by atoms with Gasteiger partial charge in [0, 0.05) is 18.8 Å². The van der Waals surface area contributed by atoms with E-state index < -0.39 is 28.5 Å². The van der Waals surface area contributed by atoms with Gasteiger partial charge in [-0.2, -0.15) is 4.31 Å². The second-order valence-electron chi connectivity index (χ2n) is 6.56. The maximum Gasteiger partial charge on any atom is 0.338 e. The van der Waals surface area contributed by atoms with Gasteiger partial charge >= 0.3 is 5.97 Å². The number of morpholine rings is 1. The Morgan fingerprint density at radius 3 is 2.58 bits per heavy atom. The Bertz CT molecular complexity index is 1060. The third kappa shape index (κ3) is 5.51. The molecule has 0 radical (unpaired) electrons. The molecule has 31 heavy (non-hydrogen) atoms. The highest BCUT2D eigenvalue weighted by molar-refractivity contribution is 7.89. The van der Waals surface area contributed by atoms with Gasteiger partial charge in [0.25, 0.3) is 5.91 Å². The predicted molar refractivity (Wildman–Crippen MR) is 110 cm³/mol. The van der Waals surface area contributed by atoms with E-state index in [1.165, 1.54) is 53.9 Å². The molecule has 0 aromatic heterocycles. The quantitative estimate of drug-likeness (QED) is 0.602. The molecule has 2 N–H and O–H groups in total. The summed E-state index contributed by atoms with van der Waals surface area (Å²) in [6.45, 7) is 0.428. The van der Waals surface area contributed by atoms with Crippen LogP contribution in [0.4, 0.5) is 5.69 Å². The highest BCUT2D eigenvalue weighted by Crippen LogP contribution is 2.30. The first-order chi connectivity index (χ1) is 14.8. The molecular formula is C20H22N2O8S. The first kappa shape index (κ1) is 22.5. The van der Waals surface area contributed by atoms with Crippen molar-refractivity contribution in [2.75, 3.05) is 45.3 Å². The fourth-order valence-electron chi connectivity index (χ4n) is 2.93. The third-order valence-electron chi connectivity index (χ3n) is 4.45. The lowest BCUT2D eigenvalue weighted by Crippen LogP contribution is -2.40. The summed E-state index contributed by atoms with van der Waals surface area (Å²) in [6.07, 6.45) is 0. The topological polar surface area (TPSA) is 131 Å². The van der Waals surface area contributed by atoms with Crippen LogP contribution in [-0.2, 0) is 24.3 Å². The SMILES string of the molecule is COc1ccc(NC(=O)COC(=O)c2cccc(O)c2)cc1S(=O)(=O)N1CCOCC1. The molecule has 0 aliphatic carbocycles. The van der Waals surface area contributed by atoms with Crippen LogP contribution in [0, 0.1) is 0 Å². The van der Waals surface area contributed by atoms with Crippen molar-refractivity contribution in [2.24, 2.45) is 0 Å². The van der Waals surface area contributed by atoms with Crippen LogP contribution >= 0.6 is 0 Å². The van der Waals surface area contributed by atoms with Crippen molar-refractivity contribution in [2.45, 2.75) is 4.90 Å². The van der Waals surface area contributed by atoms with Crippen molar-refractivity contribution in [3.05, 3.63) is 48.0 Å². The van der Waals surface area contributed by atoms with E-state index in [9.17, 15) is 23.1 Å². The molecule has 0 atom stereocenters. The minimum Gasteiger partial charge on any atom is -0.508 e. The van der Waals surface area contributed by atoms with Gasteiger partial charge in [-0.25, -0.2) is 13.2 Å². The molecule has 0 unspecified atom stereocenters. The van der Waals surface area contributed by atoms with Gasteiger partial charge in [0.1, 0.15) is 16.4 Å². The van der Waals surface area contributed by atoms with Gasteiger partial charge in [0.2, 0.25) is 10.0 Å². The Hall–Kier alpha value is -3.15. The van der Waals surface area contributed by atoms with Crippen LogP contribution in [0.5, 0.6) is 11.5 Å². The van der Waals surface area contributed by atoms with Crippen molar-refractivity contribution in [1.82, 2.24) is 4.31 Å². The number of ether oxygens (including phenoxy) is 3. The summed E-state index contributed by atoms with van der Waals surface area (Å²) in [5, 5.41) is 11.9. The van der Waals surface area contributed by atoms with Crippen LogP contribution in [-0.4, -0.2) is 69.7 Å². The third-order valence-corrected chi connectivity index (χ3v) is 6.37. The largest absolute Gasteiger partial charge is 0.508 e. The minimum absolute atomic E-state index is 0.0912. The van der Waals surface area contributed by atoms with Crippen LogP contribution in [0.1, 0.15) is 10.4 Å². The van der Waals surface area contributed by atoms with Gasteiger partial charge in [-0.05, 0) is 36.4 Å². The van der Waals surface area contributed by atoms with Gasteiger partial charge < -0.3 is 24.6 Å². The number of hydrogen-bond acceptors (Lipinski definition) is 8. The van der Waals surface area contributed by atoms with E-state index in [2.05, 4.69) is 5.32 Å². The number of nitrogens with zero attached hydrogens (tertiary/aromatic N) is 1. The van der Waals surface area contributed by atoms with Crippen LogP contribution in [0.3, 0.4) is 0 Å². The summed E-state index contributed by atoms with van der Waals surface area (Å²) < 4.78 is 42.6. The van der Waals surface area contributed by atoms with Gasteiger partial charge in [-0.1, -0.05) is 6.07 Å². The van der Waals surface area contributed by atoms with Crippen molar-refractivity contribution < 1.29 is 37.3 Å². The molecule has 3 rings (SSSR count). The van der Waals surface area contributed by atoms with E-state index >= 15 is 0 Å². The van der Waals surface area contributed by atoms with E-state index in [0.29, 0.717) is 13.2 Å². The van der Waals surface area contributed by atoms with E-state index in [1.807, 2.05) is 0 Å². The highest BCUT2D eigenvalue weighted by Gasteiger charge is 2.29. The van der Waals surface area contributed by atoms with Gasteiger partial charge in [0.05, 0.1) is 25.9 Å². The number of phenolic OH excluding ortho intramolecular Hbond substituents is 1. The van der Waals surface area contributed by atoms with Gasteiger partial charge in [-0.3, -0.25) is 4.79 Å². The van der Waals surface area contributed by atoms with Gasteiger partial charge in [-0.15, -0.1) is 0 Å². The molecule has 166 valence electrons. The maximum absolute atomic E-state index is 13.0. The molecule has 1 fully saturated rings. The maximum atomic E-state index is 13.0. The number of methoxy groups -OCH3 is 1. The molecule has 1 heterocycles. The smallest absolute Gasteiger partial charge is 0.338 e. The van der Waals surface area contributed by atoms with Gasteiger partial charge in [0.15, 0.2) is 6.61 Å². The summed E-state index contributed by atoms with van der Waals surface area (Å²) in [6, 6.07) is 9.72. The molecular weight excluding hydrogens is 428 g/mol. The second kappa shape index (κ2) is 9.77. The summed E-state index contributed by atoms with van der Waals surface area (Å²) in [5.74, 6) is -1.41. The van der Waals surface area contributed by atoms with Crippen LogP contribution in [0.15, 0.2) is 47.4 Å². The van der Waals surface area contributed by atoms with E-state index in [4.69, 9.17) is 14.2 Å². The molecule has 0 spiro atoms. The normalized spacial score (nSPS) is 14.6. The molecule has 1 amide bonds. The summed E-state index contributed by atoms with van der Waals surface area (Å²) in [7, 11) is -2.51. The minimum atomic E-state index is -3.86. The lowest BCUT2D eigenvalue weighted by Gasteiger charge is -2.26. The monoisotopic (exact) mass is 450 g/mol. The van der Waals surface area contributed by atoms with Crippen molar-refractivity contribution in [3.63, 3.8) is 0 Å². The highest BCUT2D eigenvalue weighted by atomic mass is 32.2. The first-order valence-electron chi connectivity index (χ1n) is 9.33. The summed E-state index contributed by atoms with van der Waals surface area (Å²) in [5.41, 5.74) is 0.294. The van der Waals surface area contributed by atoms with E-state index in [0.717, 1.165) is 0 Å². The Kier molecular flexibility index (Phi) is 7.10. The first-order valence-corrected chi connectivity index (χ1v) is 10.8. The number of rotatable bonds is 7. The fourth-order valence-corrected chi connectivity index (χ4v) is 4.52. The zero-order valence-electron chi connectivity index (χ0n) is 16.7. The predicted octanol–water partition coefficient (Wildman–Crippen LogP) is 1.22. The number of amides is 1. The van der Waals surface area contributed by atoms with Crippen molar-refractivity contribution in [3.8, 4) is 11.5 Å². The van der Waals surface area contributed by atoms with Crippen LogP contribution in [0.25, 0.3) is 0 Å². The molecule has 2 aromatic carbocycles.